The highest BCUT2D eigenvalue weighted by Gasteiger charge is 2.19. The molecule has 1 aliphatic rings. The van der Waals surface area contributed by atoms with Gasteiger partial charge in [0.05, 0.1) is 17.9 Å². The lowest BCUT2D eigenvalue weighted by Crippen LogP contribution is -2.36. The van der Waals surface area contributed by atoms with E-state index in [0.29, 0.717) is 42.4 Å². The Balaban J connectivity index is 1.60. The molecule has 1 aliphatic carbocycles. The first kappa shape index (κ1) is 21.8. The van der Waals surface area contributed by atoms with Gasteiger partial charge < -0.3 is 20.1 Å². The van der Waals surface area contributed by atoms with Crippen molar-refractivity contribution < 1.29 is 19.1 Å². The SMILES string of the molecule is CCOCCOc1ccc(C(=O)Nc2ccccc2C(=O)NC2CCCCC2)cc1. The maximum atomic E-state index is 12.8. The number of rotatable bonds is 9. The topological polar surface area (TPSA) is 76.7 Å². The summed E-state index contributed by atoms with van der Waals surface area (Å²) < 4.78 is 10.8. The van der Waals surface area contributed by atoms with Crippen molar-refractivity contribution >= 4 is 17.5 Å². The summed E-state index contributed by atoms with van der Waals surface area (Å²) >= 11 is 0. The Hall–Kier alpha value is -2.86. The van der Waals surface area contributed by atoms with E-state index in [-0.39, 0.29) is 17.9 Å². The third-order valence-electron chi connectivity index (χ3n) is 5.18. The highest BCUT2D eigenvalue weighted by atomic mass is 16.5. The second kappa shape index (κ2) is 11.4. The Bertz CT molecular complexity index is 829. The predicted octanol–water partition coefficient (Wildman–Crippen LogP) is 4.42. The molecule has 3 rings (SSSR count). The molecule has 0 atom stereocenters. The number of hydrogen-bond donors (Lipinski definition) is 2. The van der Waals surface area contributed by atoms with Gasteiger partial charge in [-0.2, -0.15) is 0 Å². The fraction of sp³-hybridized carbons (Fsp3) is 0.417. The van der Waals surface area contributed by atoms with Crippen LogP contribution in [0.25, 0.3) is 0 Å². The molecule has 2 amide bonds. The largest absolute Gasteiger partial charge is 0.491 e. The second-order valence-corrected chi connectivity index (χ2v) is 7.38. The first-order valence-electron chi connectivity index (χ1n) is 10.7. The monoisotopic (exact) mass is 410 g/mol. The van der Waals surface area contributed by atoms with Crippen molar-refractivity contribution in [3.63, 3.8) is 0 Å². The zero-order chi connectivity index (χ0) is 21.2. The van der Waals surface area contributed by atoms with Gasteiger partial charge >= 0.3 is 0 Å². The van der Waals surface area contributed by atoms with Crippen LogP contribution < -0.4 is 15.4 Å². The Labute approximate surface area is 178 Å². The molecule has 2 aromatic carbocycles. The zero-order valence-electron chi connectivity index (χ0n) is 17.5. The minimum absolute atomic E-state index is 0.143. The number of amides is 2. The number of hydrogen-bond acceptors (Lipinski definition) is 4. The average molecular weight is 411 g/mol. The van der Waals surface area contributed by atoms with Crippen LogP contribution in [0.4, 0.5) is 5.69 Å². The van der Waals surface area contributed by atoms with E-state index in [2.05, 4.69) is 10.6 Å². The fourth-order valence-corrected chi connectivity index (χ4v) is 3.56. The van der Waals surface area contributed by atoms with Crippen LogP contribution in [0, 0.1) is 0 Å². The number of ether oxygens (including phenoxy) is 2. The molecule has 2 N–H and O–H groups in total. The number of carbonyl (C=O) groups is 2. The lowest BCUT2D eigenvalue weighted by atomic mass is 9.95. The fourth-order valence-electron chi connectivity index (χ4n) is 3.56. The molecule has 160 valence electrons. The molecule has 0 spiro atoms. The molecule has 0 saturated heterocycles. The Morgan fingerprint density at radius 3 is 2.40 bits per heavy atom. The van der Waals surface area contributed by atoms with Crippen molar-refractivity contribution in [2.75, 3.05) is 25.1 Å². The van der Waals surface area contributed by atoms with Crippen LogP contribution in [-0.4, -0.2) is 37.7 Å². The summed E-state index contributed by atoms with van der Waals surface area (Å²) in [5.41, 5.74) is 1.48. The lowest BCUT2D eigenvalue weighted by molar-refractivity contribution is 0.0928. The summed E-state index contributed by atoms with van der Waals surface area (Å²) in [6.07, 6.45) is 5.55. The molecule has 0 aliphatic heterocycles. The average Bonchev–Trinajstić information content (AvgIpc) is 2.78. The minimum Gasteiger partial charge on any atom is -0.491 e. The minimum atomic E-state index is -0.270. The molecular weight excluding hydrogens is 380 g/mol. The van der Waals surface area contributed by atoms with Crippen molar-refractivity contribution in [2.24, 2.45) is 0 Å². The van der Waals surface area contributed by atoms with E-state index >= 15 is 0 Å². The van der Waals surface area contributed by atoms with E-state index in [9.17, 15) is 9.59 Å². The van der Waals surface area contributed by atoms with Crippen molar-refractivity contribution in [3.05, 3.63) is 59.7 Å². The Morgan fingerprint density at radius 2 is 1.67 bits per heavy atom. The summed E-state index contributed by atoms with van der Waals surface area (Å²) in [4.78, 5) is 25.4. The highest BCUT2D eigenvalue weighted by Crippen LogP contribution is 2.21. The molecule has 0 aromatic heterocycles. The highest BCUT2D eigenvalue weighted by molar-refractivity contribution is 6.09. The maximum Gasteiger partial charge on any atom is 0.255 e. The van der Waals surface area contributed by atoms with Crippen LogP contribution in [0.1, 0.15) is 59.7 Å². The van der Waals surface area contributed by atoms with E-state index in [1.807, 2.05) is 13.0 Å². The van der Waals surface area contributed by atoms with Gasteiger partial charge in [-0.25, -0.2) is 0 Å². The van der Waals surface area contributed by atoms with Crippen LogP contribution in [0.5, 0.6) is 5.75 Å². The molecular formula is C24H30N2O4. The van der Waals surface area contributed by atoms with Crippen LogP contribution in [0.15, 0.2) is 48.5 Å². The molecule has 30 heavy (non-hydrogen) atoms. The number of carbonyl (C=O) groups excluding carboxylic acids is 2. The normalized spacial score (nSPS) is 14.2. The van der Waals surface area contributed by atoms with Gasteiger partial charge in [0.25, 0.3) is 11.8 Å². The summed E-state index contributed by atoms with van der Waals surface area (Å²) in [5, 5.41) is 5.97. The summed E-state index contributed by atoms with van der Waals surface area (Å²) in [6.45, 7) is 3.58. The van der Waals surface area contributed by atoms with Crippen molar-refractivity contribution in [2.45, 2.75) is 45.1 Å². The number of para-hydroxylation sites is 1. The standard InChI is InChI=1S/C24H30N2O4/c1-2-29-16-17-30-20-14-12-18(13-15-20)23(27)26-22-11-7-6-10-21(22)24(28)25-19-8-4-3-5-9-19/h6-7,10-15,19H,2-5,8-9,16-17H2,1H3,(H,25,28)(H,26,27). The second-order valence-electron chi connectivity index (χ2n) is 7.38. The maximum absolute atomic E-state index is 12.8. The number of nitrogens with one attached hydrogen (secondary N) is 2. The van der Waals surface area contributed by atoms with Crippen LogP contribution >= 0.6 is 0 Å². The number of benzene rings is 2. The van der Waals surface area contributed by atoms with Gasteiger partial charge in [0.2, 0.25) is 0 Å². The molecule has 0 bridgehead atoms. The zero-order valence-corrected chi connectivity index (χ0v) is 17.5. The van der Waals surface area contributed by atoms with E-state index in [1.165, 1.54) is 6.42 Å². The third kappa shape index (κ3) is 6.32. The molecule has 1 saturated carbocycles. The van der Waals surface area contributed by atoms with Crippen LogP contribution in [0.3, 0.4) is 0 Å². The van der Waals surface area contributed by atoms with Gasteiger partial charge in [0, 0.05) is 18.2 Å². The number of anilines is 1. The first-order valence-corrected chi connectivity index (χ1v) is 10.7. The van der Waals surface area contributed by atoms with Crippen LogP contribution in [-0.2, 0) is 4.74 Å². The van der Waals surface area contributed by atoms with Gasteiger partial charge in [-0.15, -0.1) is 0 Å². The molecule has 6 nitrogen and oxygen atoms in total. The van der Waals surface area contributed by atoms with E-state index < -0.39 is 0 Å². The quantitative estimate of drug-likeness (QED) is 0.600. The van der Waals surface area contributed by atoms with Gasteiger partial charge in [0.15, 0.2) is 0 Å². The van der Waals surface area contributed by atoms with Gasteiger partial charge in [-0.3, -0.25) is 9.59 Å². The van der Waals surface area contributed by atoms with Gasteiger partial charge in [-0.05, 0) is 56.2 Å². The first-order chi connectivity index (χ1) is 14.7. The smallest absolute Gasteiger partial charge is 0.255 e. The summed E-state index contributed by atoms with van der Waals surface area (Å²) in [6, 6.07) is 14.2. The Kier molecular flexibility index (Phi) is 8.27. The summed E-state index contributed by atoms with van der Waals surface area (Å²) in [7, 11) is 0. The lowest BCUT2D eigenvalue weighted by Gasteiger charge is -2.23. The van der Waals surface area contributed by atoms with Crippen molar-refractivity contribution in [1.82, 2.24) is 5.32 Å². The van der Waals surface area contributed by atoms with Gasteiger partial charge in [-0.1, -0.05) is 31.4 Å². The van der Waals surface area contributed by atoms with Gasteiger partial charge in [0.1, 0.15) is 12.4 Å². The molecule has 0 unspecified atom stereocenters. The predicted molar refractivity (Wildman–Crippen MR) is 117 cm³/mol. The van der Waals surface area contributed by atoms with E-state index in [4.69, 9.17) is 9.47 Å². The van der Waals surface area contributed by atoms with E-state index in [1.54, 1.807) is 42.5 Å². The molecule has 0 heterocycles. The molecule has 0 radical (unpaired) electrons. The molecule has 6 heteroatoms. The summed E-state index contributed by atoms with van der Waals surface area (Å²) in [5.74, 6) is 0.267. The van der Waals surface area contributed by atoms with Crippen molar-refractivity contribution in [1.29, 1.82) is 0 Å². The third-order valence-corrected chi connectivity index (χ3v) is 5.18. The van der Waals surface area contributed by atoms with Crippen LogP contribution in [0.2, 0.25) is 0 Å². The molecule has 2 aromatic rings. The molecule has 1 fully saturated rings. The van der Waals surface area contributed by atoms with Crippen molar-refractivity contribution in [3.8, 4) is 5.75 Å². The Morgan fingerprint density at radius 1 is 0.933 bits per heavy atom. The van der Waals surface area contributed by atoms with E-state index in [0.717, 1.165) is 25.7 Å².